The summed E-state index contributed by atoms with van der Waals surface area (Å²) in [6.45, 7) is 1.76. The molecule has 0 N–H and O–H groups in total. The third-order valence-corrected chi connectivity index (χ3v) is 4.21. The van der Waals surface area contributed by atoms with Crippen molar-refractivity contribution in [3.63, 3.8) is 0 Å². The highest BCUT2D eigenvalue weighted by atomic mass is 16.5. The molecule has 0 spiro atoms. The number of amides is 4. The Bertz CT molecular complexity index is 951. The third-order valence-electron chi connectivity index (χ3n) is 4.21. The summed E-state index contributed by atoms with van der Waals surface area (Å²) in [4.78, 5) is 49.0. The molecule has 0 saturated carbocycles. The summed E-state index contributed by atoms with van der Waals surface area (Å²) in [5.41, 5.74) is 1.65. The van der Waals surface area contributed by atoms with Gasteiger partial charge in [-0.05, 0) is 42.8 Å². The molecule has 1 aliphatic heterocycles. The fourth-order valence-corrected chi connectivity index (χ4v) is 2.67. The third kappa shape index (κ3) is 2.83. The summed E-state index contributed by atoms with van der Waals surface area (Å²) in [5, 5.41) is 0. The van der Waals surface area contributed by atoms with Crippen LogP contribution in [-0.4, -0.2) is 48.0 Å². The fourth-order valence-electron chi connectivity index (χ4n) is 2.67. The van der Waals surface area contributed by atoms with Gasteiger partial charge in [-0.25, -0.2) is 0 Å². The lowest BCUT2D eigenvalue weighted by molar-refractivity contribution is -0.115. The zero-order valence-electron chi connectivity index (χ0n) is 14.5. The Hall–Kier alpha value is -3.48. The largest absolute Gasteiger partial charge is 0.457 e. The van der Waals surface area contributed by atoms with Gasteiger partial charge in [-0.1, -0.05) is 6.07 Å². The normalized spacial score (nSPS) is 12.8. The van der Waals surface area contributed by atoms with E-state index in [1.807, 2.05) is 0 Å². The zero-order valence-corrected chi connectivity index (χ0v) is 14.5. The van der Waals surface area contributed by atoms with E-state index in [-0.39, 0.29) is 17.4 Å². The van der Waals surface area contributed by atoms with Crippen molar-refractivity contribution >= 4 is 24.1 Å². The molecular formula is C19H16N2O5. The number of carbonyl (C=O) groups excluding carboxylic acids is 4. The van der Waals surface area contributed by atoms with Crippen LogP contribution in [0.15, 0.2) is 36.4 Å². The van der Waals surface area contributed by atoms with E-state index in [1.54, 1.807) is 25.1 Å². The number of aryl methyl sites for hydroxylation is 1. The van der Waals surface area contributed by atoms with Gasteiger partial charge < -0.3 is 4.74 Å². The number of nitrogens with zero attached hydrogens (tertiary/aromatic N) is 2. The Labute approximate surface area is 149 Å². The fraction of sp³-hybridized carbons (Fsp3) is 0.158. The van der Waals surface area contributed by atoms with E-state index >= 15 is 0 Å². The van der Waals surface area contributed by atoms with E-state index in [0.29, 0.717) is 34.6 Å². The first-order valence-electron chi connectivity index (χ1n) is 7.81. The van der Waals surface area contributed by atoms with Crippen LogP contribution in [-0.2, 0) is 4.79 Å². The average molecular weight is 352 g/mol. The lowest BCUT2D eigenvalue weighted by atomic mass is 10.1. The number of hydrogen-bond acceptors (Lipinski definition) is 5. The maximum atomic E-state index is 12.2. The summed E-state index contributed by atoms with van der Waals surface area (Å²) in [7, 11) is 2.80. The van der Waals surface area contributed by atoms with Crippen LogP contribution < -0.4 is 4.74 Å². The van der Waals surface area contributed by atoms with Gasteiger partial charge in [0.1, 0.15) is 11.5 Å². The maximum Gasteiger partial charge on any atom is 0.261 e. The minimum absolute atomic E-state index is 0.277. The minimum Gasteiger partial charge on any atom is -0.457 e. The van der Waals surface area contributed by atoms with Gasteiger partial charge in [-0.2, -0.15) is 0 Å². The summed E-state index contributed by atoms with van der Waals surface area (Å²) >= 11 is 0. The second-order valence-electron chi connectivity index (χ2n) is 5.98. The molecule has 0 aliphatic carbocycles. The summed E-state index contributed by atoms with van der Waals surface area (Å²) < 4.78 is 5.74. The van der Waals surface area contributed by atoms with Crippen molar-refractivity contribution in [2.75, 3.05) is 14.1 Å². The van der Waals surface area contributed by atoms with Gasteiger partial charge in [-0.3, -0.25) is 29.0 Å². The zero-order chi connectivity index (χ0) is 19.0. The predicted octanol–water partition coefficient (Wildman–Crippen LogP) is 2.24. The molecule has 1 heterocycles. The molecule has 0 fully saturated rings. The average Bonchev–Trinajstić information content (AvgIpc) is 2.86. The monoisotopic (exact) mass is 352 g/mol. The molecule has 4 amide bonds. The summed E-state index contributed by atoms with van der Waals surface area (Å²) in [5.74, 6) is -0.437. The van der Waals surface area contributed by atoms with Gasteiger partial charge in [0.05, 0.1) is 11.1 Å². The number of imide groups is 2. The second kappa shape index (κ2) is 6.44. The van der Waals surface area contributed by atoms with Crippen LogP contribution in [0.3, 0.4) is 0 Å². The first-order chi connectivity index (χ1) is 12.3. The minimum atomic E-state index is -0.445. The van der Waals surface area contributed by atoms with Crippen molar-refractivity contribution in [3.05, 3.63) is 58.7 Å². The number of hydrogen-bond donors (Lipinski definition) is 0. The first-order valence-corrected chi connectivity index (χ1v) is 7.81. The molecule has 7 heteroatoms. The predicted molar refractivity (Wildman–Crippen MR) is 92.3 cm³/mol. The van der Waals surface area contributed by atoms with Crippen LogP contribution in [0.2, 0.25) is 0 Å². The molecular weight excluding hydrogens is 336 g/mol. The first kappa shape index (κ1) is 17.3. The van der Waals surface area contributed by atoms with Gasteiger partial charge >= 0.3 is 0 Å². The van der Waals surface area contributed by atoms with E-state index in [0.717, 1.165) is 9.80 Å². The van der Waals surface area contributed by atoms with Crippen LogP contribution in [0, 0.1) is 6.92 Å². The van der Waals surface area contributed by atoms with Crippen molar-refractivity contribution in [1.29, 1.82) is 0 Å². The van der Waals surface area contributed by atoms with Gasteiger partial charge in [0.2, 0.25) is 6.41 Å². The van der Waals surface area contributed by atoms with Crippen molar-refractivity contribution in [3.8, 4) is 11.5 Å². The van der Waals surface area contributed by atoms with Crippen LogP contribution in [0.1, 0.15) is 36.6 Å². The molecule has 0 atom stereocenters. The second-order valence-corrected chi connectivity index (χ2v) is 5.98. The molecule has 2 aromatic carbocycles. The van der Waals surface area contributed by atoms with Crippen LogP contribution in [0.5, 0.6) is 11.5 Å². The van der Waals surface area contributed by atoms with Crippen LogP contribution in [0.4, 0.5) is 0 Å². The number of benzene rings is 2. The highest BCUT2D eigenvalue weighted by Gasteiger charge is 2.32. The smallest absolute Gasteiger partial charge is 0.261 e. The van der Waals surface area contributed by atoms with E-state index in [2.05, 4.69) is 0 Å². The topological polar surface area (TPSA) is 84.0 Å². The molecule has 0 bridgehead atoms. The van der Waals surface area contributed by atoms with Crippen LogP contribution >= 0.6 is 0 Å². The Balaban J connectivity index is 1.91. The van der Waals surface area contributed by atoms with E-state index < -0.39 is 5.91 Å². The Morgan fingerprint density at radius 1 is 1.04 bits per heavy atom. The number of fused-ring (bicyclic) bond motifs is 1. The SMILES string of the molecule is Cc1ccc(Oc2ccc3c(c2)C(=O)N(C)C3=O)cc1C(=O)N(C)C=O. The van der Waals surface area contributed by atoms with E-state index in [9.17, 15) is 19.2 Å². The number of carbonyl (C=O) groups is 4. The van der Waals surface area contributed by atoms with Gasteiger partial charge in [0.15, 0.2) is 0 Å². The summed E-state index contributed by atoms with van der Waals surface area (Å²) in [6.07, 6.45) is 0.439. The van der Waals surface area contributed by atoms with Gasteiger partial charge in [0.25, 0.3) is 17.7 Å². The number of ether oxygens (including phenoxy) is 1. The Morgan fingerprint density at radius 2 is 1.65 bits per heavy atom. The lowest BCUT2D eigenvalue weighted by Crippen LogP contribution is -2.25. The highest BCUT2D eigenvalue weighted by molar-refractivity contribution is 6.21. The standard InChI is InChI=1S/C19H16N2O5/c1-11-4-5-12(8-15(11)17(23)20(2)10-22)26-13-6-7-14-16(9-13)19(25)21(3)18(14)24/h4-10H,1-3H3. The molecule has 0 aromatic heterocycles. The number of rotatable bonds is 4. The molecule has 0 unspecified atom stereocenters. The van der Waals surface area contributed by atoms with Crippen molar-refractivity contribution in [2.24, 2.45) is 0 Å². The molecule has 2 aromatic rings. The van der Waals surface area contributed by atoms with Crippen molar-refractivity contribution in [2.45, 2.75) is 6.92 Å². The maximum absolute atomic E-state index is 12.2. The Morgan fingerprint density at radius 3 is 2.35 bits per heavy atom. The molecule has 26 heavy (non-hydrogen) atoms. The molecule has 1 aliphatic rings. The van der Waals surface area contributed by atoms with Gasteiger partial charge in [0, 0.05) is 19.7 Å². The van der Waals surface area contributed by atoms with Gasteiger partial charge in [-0.15, -0.1) is 0 Å². The molecule has 0 radical (unpaired) electrons. The summed E-state index contributed by atoms with van der Waals surface area (Å²) in [6, 6.07) is 9.54. The molecule has 132 valence electrons. The molecule has 7 nitrogen and oxygen atoms in total. The Kier molecular flexibility index (Phi) is 4.29. The van der Waals surface area contributed by atoms with Crippen LogP contribution in [0.25, 0.3) is 0 Å². The van der Waals surface area contributed by atoms with Crippen molar-refractivity contribution in [1.82, 2.24) is 9.80 Å². The molecule has 0 saturated heterocycles. The quantitative estimate of drug-likeness (QED) is 0.622. The highest BCUT2D eigenvalue weighted by Crippen LogP contribution is 2.29. The lowest BCUT2D eigenvalue weighted by Gasteiger charge is -2.13. The van der Waals surface area contributed by atoms with E-state index in [1.165, 1.54) is 32.3 Å². The van der Waals surface area contributed by atoms with Crippen molar-refractivity contribution < 1.29 is 23.9 Å². The van der Waals surface area contributed by atoms with E-state index in [4.69, 9.17) is 4.74 Å². The molecule has 3 rings (SSSR count).